The SMILES string of the molecule is CC1=C(C(=O)OC[C@@H]2CCCO2)[C@@H](c2ccc(Cl)c(Cl)c2)C2=C(CCCC2=O)N1. The highest BCUT2D eigenvalue weighted by atomic mass is 35.5. The molecule has 0 saturated carbocycles. The van der Waals surface area contributed by atoms with Crippen LogP contribution in [0, 0.1) is 0 Å². The fraction of sp³-hybridized carbons (Fsp3) is 0.455. The Bertz CT molecular complexity index is 915. The van der Waals surface area contributed by atoms with Crippen LogP contribution in [-0.2, 0) is 19.1 Å². The number of ketones is 1. The molecule has 1 aromatic carbocycles. The molecule has 7 heteroatoms. The summed E-state index contributed by atoms with van der Waals surface area (Å²) in [6.45, 7) is 2.75. The highest BCUT2D eigenvalue weighted by molar-refractivity contribution is 6.42. The van der Waals surface area contributed by atoms with Crippen molar-refractivity contribution in [2.24, 2.45) is 0 Å². The summed E-state index contributed by atoms with van der Waals surface area (Å²) in [5, 5.41) is 4.10. The fourth-order valence-corrected chi connectivity index (χ4v) is 4.61. The lowest BCUT2D eigenvalue weighted by molar-refractivity contribution is -0.142. The van der Waals surface area contributed by atoms with Crippen LogP contribution in [0.5, 0.6) is 0 Å². The fourth-order valence-electron chi connectivity index (χ4n) is 4.30. The lowest BCUT2D eigenvalue weighted by atomic mass is 9.75. The van der Waals surface area contributed by atoms with E-state index in [1.165, 1.54) is 0 Å². The highest BCUT2D eigenvalue weighted by Gasteiger charge is 2.39. The zero-order valence-electron chi connectivity index (χ0n) is 16.2. The molecule has 0 spiro atoms. The van der Waals surface area contributed by atoms with Crippen molar-refractivity contribution < 1.29 is 19.1 Å². The minimum absolute atomic E-state index is 0.0479. The lowest BCUT2D eigenvalue weighted by Crippen LogP contribution is -2.35. The van der Waals surface area contributed by atoms with Crippen molar-refractivity contribution in [2.45, 2.75) is 51.0 Å². The van der Waals surface area contributed by atoms with Crippen LogP contribution in [0.2, 0.25) is 10.0 Å². The Morgan fingerprint density at radius 1 is 1.24 bits per heavy atom. The van der Waals surface area contributed by atoms with Gasteiger partial charge in [0.05, 0.1) is 21.7 Å². The van der Waals surface area contributed by atoms with Crippen LogP contribution < -0.4 is 5.32 Å². The Hall–Kier alpha value is -1.82. The topological polar surface area (TPSA) is 64.6 Å². The molecule has 1 fully saturated rings. The molecule has 0 aromatic heterocycles. The van der Waals surface area contributed by atoms with Crippen LogP contribution in [0.1, 0.15) is 50.5 Å². The third-order valence-electron chi connectivity index (χ3n) is 5.70. The van der Waals surface area contributed by atoms with Crippen LogP contribution in [0.4, 0.5) is 0 Å². The number of ether oxygens (including phenoxy) is 2. The van der Waals surface area contributed by atoms with Gasteiger partial charge >= 0.3 is 5.97 Å². The number of allylic oxidation sites excluding steroid dienone is 3. The normalized spacial score (nSPS) is 24.4. The van der Waals surface area contributed by atoms with Gasteiger partial charge in [-0.15, -0.1) is 0 Å². The summed E-state index contributed by atoms with van der Waals surface area (Å²) in [5.41, 5.74) is 3.41. The molecule has 1 aromatic rings. The number of rotatable bonds is 4. The summed E-state index contributed by atoms with van der Waals surface area (Å²) >= 11 is 12.4. The number of dihydropyridines is 1. The zero-order chi connectivity index (χ0) is 20.5. The van der Waals surface area contributed by atoms with E-state index in [-0.39, 0.29) is 18.5 Å². The van der Waals surface area contributed by atoms with E-state index in [0.29, 0.717) is 39.9 Å². The summed E-state index contributed by atoms with van der Waals surface area (Å²) < 4.78 is 11.2. The number of carbonyl (C=O) groups excluding carboxylic acids is 2. The molecular formula is C22H23Cl2NO4. The van der Waals surface area contributed by atoms with E-state index in [4.69, 9.17) is 32.7 Å². The van der Waals surface area contributed by atoms with E-state index in [2.05, 4.69) is 5.32 Å². The van der Waals surface area contributed by atoms with Crippen molar-refractivity contribution in [1.82, 2.24) is 5.32 Å². The first kappa shape index (κ1) is 20.5. The van der Waals surface area contributed by atoms with Crippen LogP contribution in [0.15, 0.2) is 40.7 Å². The Morgan fingerprint density at radius 3 is 2.79 bits per heavy atom. The lowest BCUT2D eigenvalue weighted by Gasteiger charge is -2.34. The number of hydrogen-bond donors (Lipinski definition) is 1. The predicted octanol–water partition coefficient (Wildman–Crippen LogP) is 4.68. The first-order valence-electron chi connectivity index (χ1n) is 9.93. The Kier molecular flexibility index (Phi) is 6.00. The second-order valence-electron chi connectivity index (χ2n) is 7.67. The number of esters is 1. The molecular weight excluding hydrogens is 413 g/mol. The molecule has 1 saturated heterocycles. The third kappa shape index (κ3) is 4.09. The van der Waals surface area contributed by atoms with Gasteiger partial charge in [0.1, 0.15) is 6.61 Å². The maximum atomic E-state index is 13.1. The predicted molar refractivity (Wildman–Crippen MR) is 111 cm³/mol. The minimum atomic E-state index is -0.522. The van der Waals surface area contributed by atoms with Gasteiger partial charge in [-0.05, 0) is 50.3 Å². The number of nitrogens with one attached hydrogen (secondary N) is 1. The van der Waals surface area contributed by atoms with Gasteiger partial charge in [0.2, 0.25) is 0 Å². The summed E-state index contributed by atoms with van der Waals surface area (Å²) in [6.07, 6.45) is 3.83. The molecule has 4 rings (SSSR count). The molecule has 0 bridgehead atoms. The van der Waals surface area contributed by atoms with E-state index in [9.17, 15) is 9.59 Å². The van der Waals surface area contributed by atoms with Gasteiger partial charge in [0.15, 0.2) is 5.78 Å². The average molecular weight is 436 g/mol. The van der Waals surface area contributed by atoms with Crippen LogP contribution in [-0.4, -0.2) is 31.1 Å². The van der Waals surface area contributed by atoms with Crippen LogP contribution in [0.25, 0.3) is 0 Å². The number of carbonyl (C=O) groups is 2. The van der Waals surface area contributed by atoms with Gasteiger partial charge in [-0.1, -0.05) is 29.3 Å². The molecule has 0 radical (unpaired) electrons. The van der Waals surface area contributed by atoms with Gasteiger partial charge in [0, 0.05) is 35.9 Å². The van der Waals surface area contributed by atoms with E-state index in [1.807, 2.05) is 13.0 Å². The van der Waals surface area contributed by atoms with E-state index in [0.717, 1.165) is 36.9 Å². The summed E-state index contributed by atoms with van der Waals surface area (Å²) in [4.78, 5) is 26.0. The largest absolute Gasteiger partial charge is 0.459 e. The van der Waals surface area contributed by atoms with Gasteiger partial charge in [-0.3, -0.25) is 4.79 Å². The average Bonchev–Trinajstić information content (AvgIpc) is 3.21. The summed E-state index contributed by atoms with van der Waals surface area (Å²) in [6, 6.07) is 5.24. The minimum Gasteiger partial charge on any atom is -0.459 e. The molecule has 5 nitrogen and oxygen atoms in total. The molecule has 0 amide bonds. The van der Waals surface area contributed by atoms with Crippen molar-refractivity contribution in [3.05, 3.63) is 56.3 Å². The van der Waals surface area contributed by atoms with Crippen molar-refractivity contribution in [3.8, 4) is 0 Å². The zero-order valence-corrected chi connectivity index (χ0v) is 17.7. The maximum Gasteiger partial charge on any atom is 0.336 e. The molecule has 3 aliphatic rings. The van der Waals surface area contributed by atoms with Crippen LogP contribution >= 0.6 is 23.2 Å². The quantitative estimate of drug-likeness (QED) is 0.695. The van der Waals surface area contributed by atoms with Crippen molar-refractivity contribution in [3.63, 3.8) is 0 Å². The van der Waals surface area contributed by atoms with Gasteiger partial charge in [-0.2, -0.15) is 0 Å². The standard InChI is InChI=1S/C22H23Cl2NO4/c1-12-19(22(27)29-11-14-4-3-9-28-14)20(13-7-8-15(23)16(24)10-13)21-17(25-12)5-2-6-18(21)26/h7-8,10,14,20,25H,2-6,9,11H2,1H3/t14-,20+/m0/s1. The van der Waals surface area contributed by atoms with E-state index in [1.54, 1.807) is 12.1 Å². The Balaban J connectivity index is 1.71. The highest BCUT2D eigenvalue weighted by Crippen LogP contribution is 2.43. The second kappa shape index (κ2) is 8.50. The van der Waals surface area contributed by atoms with E-state index < -0.39 is 11.9 Å². The molecule has 0 unspecified atom stereocenters. The first-order valence-corrected chi connectivity index (χ1v) is 10.7. The second-order valence-corrected chi connectivity index (χ2v) is 8.49. The first-order chi connectivity index (χ1) is 14.0. The number of benzene rings is 1. The third-order valence-corrected chi connectivity index (χ3v) is 6.44. The molecule has 2 heterocycles. The van der Waals surface area contributed by atoms with Crippen molar-refractivity contribution in [1.29, 1.82) is 0 Å². The molecule has 29 heavy (non-hydrogen) atoms. The Labute approximate surface area is 180 Å². The molecule has 1 N–H and O–H groups in total. The van der Waals surface area contributed by atoms with E-state index >= 15 is 0 Å². The maximum absolute atomic E-state index is 13.1. The van der Waals surface area contributed by atoms with Gasteiger partial charge < -0.3 is 14.8 Å². The molecule has 154 valence electrons. The van der Waals surface area contributed by atoms with Crippen molar-refractivity contribution >= 4 is 35.0 Å². The summed E-state index contributed by atoms with van der Waals surface area (Å²) in [7, 11) is 0. The molecule has 2 atom stereocenters. The Morgan fingerprint density at radius 2 is 2.07 bits per heavy atom. The van der Waals surface area contributed by atoms with Gasteiger partial charge in [-0.25, -0.2) is 4.79 Å². The summed E-state index contributed by atoms with van der Waals surface area (Å²) in [5.74, 6) is -0.913. The smallest absolute Gasteiger partial charge is 0.336 e. The monoisotopic (exact) mass is 435 g/mol. The molecule has 1 aliphatic carbocycles. The van der Waals surface area contributed by atoms with Crippen molar-refractivity contribution in [2.75, 3.05) is 13.2 Å². The number of hydrogen-bond acceptors (Lipinski definition) is 5. The number of halogens is 2. The van der Waals surface area contributed by atoms with Gasteiger partial charge in [0.25, 0.3) is 0 Å². The van der Waals surface area contributed by atoms with Crippen LogP contribution in [0.3, 0.4) is 0 Å². The molecule has 2 aliphatic heterocycles. The number of Topliss-reactive ketones (excluding diaryl/α,β-unsaturated/α-hetero) is 1.